The SMILES string of the molecule is CCC(=O)N1CCC(NC(=NC)NCc2cccc(CN3CCOCC3)c2)C1. The van der Waals surface area contributed by atoms with Gasteiger partial charge in [0.05, 0.1) is 13.2 Å². The summed E-state index contributed by atoms with van der Waals surface area (Å²) >= 11 is 0. The lowest BCUT2D eigenvalue weighted by Gasteiger charge is -2.26. The Morgan fingerprint density at radius 2 is 2.04 bits per heavy atom. The number of nitrogens with one attached hydrogen (secondary N) is 2. The summed E-state index contributed by atoms with van der Waals surface area (Å²) in [5.41, 5.74) is 2.57. The molecule has 0 aromatic heterocycles. The molecule has 3 rings (SSSR count). The van der Waals surface area contributed by atoms with Crippen molar-refractivity contribution in [2.75, 3.05) is 46.4 Å². The summed E-state index contributed by atoms with van der Waals surface area (Å²) in [7, 11) is 1.79. The molecule has 0 spiro atoms. The third kappa shape index (κ3) is 5.94. The first-order valence-electron chi connectivity index (χ1n) is 10.3. The third-order valence-electron chi connectivity index (χ3n) is 5.37. The second kappa shape index (κ2) is 10.4. The number of amides is 1. The number of aliphatic imine (C=N–C) groups is 1. The van der Waals surface area contributed by atoms with Crippen LogP contribution in [0.2, 0.25) is 0 Å². The molecule has 154 valence electrons. The minimum Gasteiger partial charge on any atom is -0.379 e. The van der Waals surface area contributed by atoms with Crippen molar-refractivity contribution in [3.8, 4) is 0 Å². The molecule has 28 heavy (non-hydrogen) atoms. The van der Waals surface area contributed by atoms with Gasteiger partial charge in [-0.2, -0.15) is 0 Å². The molecule has 1 aromatic carbocycles. The molecule has 2 N–H and O–H groups in total. The van der Waals surface area contributed by atoms with Gasteiger partial charge in [0.2, 0.25) is 5.91 Å². The van der Waals surface area contributed by atoms with Gasteiger partial charge in [0.15, 0.2) is 5.96 Å². The molecular weight excluding hydrogens is 354 g/mol. The second-order valence-corrected chi connectivity index (χ2v) is 7.46. The zero-order valence-corrected chi connectivity index (χ0v) is 17.1. The van der Waals surface area contributed by atoms with Gasteiger partial charge in [0.25, 0.3) is 0 Å². The van der Waals surface area contributed by atoms with Crippen LogP contribution in [0.4, 0.5) is 0 Å². The van der Waals surface area contributed by atoms with E-state index in [0.717, 1.165) is 64.9 Å². The molecule has 2 aliphatic heterocycles. The van der Waals surface area contributed by atoms with Crippen LogP contribution in [0.1, 0.15) is 30.9 Å². The molecule has 0 saturated carbocycles. The minimum atomic E-state index is 0.226. The number of carbonyl (C=O) groups excluding carboxylic acids is 1. The standard InChI is InChI=1S/C21H33N5O2/c1-3-20(27)26-8-7-19(16-26)24-21(22-2)23-14-17-5-4-6-18(13-17)15-25-9-11-28-12-10-25/h4-6,13,19H,3,7-12,14-16H2,1-2H3,(H2,22,23,24). The van der Waals surface area contributed by atoms with Crippen molar-refractivity contribution in [1.29, 1.82) is 0 Å². The number of likely N-dealkylation sites (tertiary alicyclic amines) is 1. The summed E-state index contributed by atoms with van der Waals surface area (Å²) < 4.78 is 5.43. The molecule has 2 fully saturated rings. The Morgan fingerprint density at radius 3 is 2.79 bits per heavy atom. The van der Waals surface area contributed by atoms with E-state index in [4.69, 9.17) is 4.74 Å². The Balaban J connectivity index is 1.47. The lowest BCUT2D eigenvalue weighted by Crippen LogP contribution is -2.44. The van der Waals surface area contributed by atoms with Gasteiger partial charge < -0.3 is 20.3 Å². The van der Waals surface area contributed by atoms with E-state index in [1.54, 1.807) is 7.05 Å². The molecule has 0 radical (unpaired) electrons. The van der Waals surface area contributed by atoms with Crippen LogP contribution in [0.5, 0.6) is 0 Å². The van der Waals surface area contributed by atoms with Crippen LogP contribution in [0.3, 0.4) is 0 Å². The molecule has 1 unspecified atom stereocenters. The van der Waals surface area contributed by atoms with E-state index < -0.39 is 0 Å². The number of carbonyl (C=O) groups is 1. The highest BCUT2D eigenvalue weighted by Crippen LogP contribution is 2.11. The molecule has 7 heteroatoms. The zero-order chi connectivity index (χ0) is 19.8. The summed E-state index contributed by atoms with van der Waals surface area (Å²) in [6.45, 7) is 8.83. The van der Waals surface area contributed by atoms with Gasteiger partial charge in [-0.25, -0.2) is 0 Å². The number of benzene rings is 1. The summed E-state index contributed by atoms with van der Waals surface area (Å²) in [4.78, 5) is 20.5. The number of hydrogen-bond acceptors (Lipinski definition) is 4. The number of morpholine rings is 1. The van der Waals surface area contributed by atoms with E-state index in [-0.39, 0.29) is 11.9 Å². The molecule has 1 atom stereocenters. The van der Waals surface area contributed by atoms with Gasteiger partial charge in [-0.05, 0) is 17.5 Å². The van der Waals surface area contributed by atoms with Gasteiger partial charge in [0, 0.05) is 58.8 Å². The predicted octanol–water partition coefficient (Wildman–Crippen LogP) is 1.19. The smallest absolute Gasteiger partial charge is 0.222 e. The lowest BCUT2D eigenvalue weighted by molar-refractivity contribution is -0.129. The Kier molecular flexibility index (Phi) is 7.68. The first kappa shape index (κ1) is 20.6. The van der Waals surface area contributed by atoms with Crippen LogP contribution in [-0.2, 0) is 22.6 Å². The van der Waals surface area contributed by atoms with Gasteiger partial charge in [-0.15, -0.1) is 0 Å². The second-order valence-electron chi connectivity index (χ2n) is 7.46. The molecule has 2 heterocycles. The van der Waals surface area contributed by atoms with Crippen molar-refractivity contribution in [2.24, 2.45) is 4.99 Å². The van der Waals surface area contributed by atoms with Crippen molar-refractivity contribution in [2.45, 2.75) is 38.9 Å². The van der Waals surface area contributed by atoms with E-state index in [9.17, 15) is 4.79 Å². The van der Waals surface area contributed by atoms with Crippen LogP contribution >= 0.6 is 0 Å². The monoisotopic (exact) mass is 387 g/mol. The normalized spacial score (nSPS) is 21.0. The molecule has 0 aliphatic carbocycles. The predicted molar refractivity (Wildman–Crippen MR) is 111 cm³/mol. The Hall–Kier alpha value is -2.12. The number of rotatable bonds is 6. The maximum Gasteiger partial charge on any atom is 0.222 e. The first-order valence-corrected chi connectivity index (χ1v) is 10.3. The lowest BCUT2D eigenvalue weighted by atomic mass is 10.1. The topological polar surface area (TPSA) is 69.2 Å². The highest BCUT2D eigenvalue weighted by atomic mass is 16.5. The van der Waals surface area contributed by atoms with Crippen LogP contribution in [-0.4, -0.2) is 74.1 Å². The zero-order valence-electron chi connectivity index (χ0n) is 17.1. The Bertz CT molecular complexity index is 673. The van der Waals surface area contributed by atoms with Crippen molar-refractivity contribution in [3.63, 3.8) is 0 Å². The molecule has 1 aromatic rings. The van der Waals surface area contributed by atoms with Crippen LogP contribution in [0.25, 0.3) is 0 Å². The molecular formula is C21H33N5O2. The highest BCUT2D eigenvalue weighted by Gasteiger charge is 2.25. The Labute approximate surface area is 168 Å². The molecule has 2 saturated heterocycles. The van der Waals surface area contributed by atoms with E-state index >= 15 is 0 Å². The maximum atomic E-state index is 11.8. The summed E-state index contributed by atoms with van der Waals surface area (Å²) in [5.74, 6) is 1.01. The fourth-order valence-electron chi connectivity index (χ4n) is 3.76. The minimum absolute atomic E-state index is 0.226. The molecule has 0 bridgehead atoms. The first-order chi connectivity index (χ1) is 13.7. The summed E-state index contributed by atoms with van der Waals surface area (Å²) in [6.07, 6.45) is 1.53. The van der Waals surface area contributed by atoms with Crippen LogP contribution in [0.15, 0.2) is 29.3 Å². The van der Waals surface area contributed by atoms with E-state index in [1.807, 2.05) is 11.8 Å². The van der Waals surface area contributed by atoms with Crippen LogP contribution < -0.4 is 10.6 Å². The summed E-state index contributed by atoms with van der Waals surface area (Å²) in [6, 6.07) is 8.96. The van der Waals surface area contributed by atoms with Crippen molar-refractivity contribution in [3.05, 3.63) is 35.4 Å². The number of ether oxygens (including phenoxy) is 1. The van der Waals surface area contributed by atoms with Gasteiger partial charge in [-0.1, -0.05) is 31.2 Å². The van der Waals surface area contributed by atoms with E-state index in [2.05, 4.69) is 44.8 Å². The fourth-order valence-corrected chi connectivity index (χ4v) is 3.76. The fraction of sp³-hybridized carbons (Fsp3) is 0.619. The van der Waals surface area contributed by atoms with E-state index in [1.165, 1.54) is 11.1 Å². The van der Waals surface area contributed by atoms with E-state index in [0.29, 0.717) is 6.42 Å². The van der Waals surface area contributed by atoms with Crippen molar-refractivity contribution < 1.29 is 9.53 Å². The van der Waals surface area contributed by atoms with Crippen LogP contribution in [0, 0.1) is 0 Å². The van der Waals surface area contributed by atoms with Gasteiger partial charge >= 0.3 is 0 Å². The van der Waals surface area contributed by atoms with Gasteiger partial charge in [0.1, 0.15) is 0 Å². The largest absolute Gasteiger partial charge is 0.379 e. The quantitative estimate of drug-likeness (QED) is 0.567. The number of guanidine groups is 1. The average Bonchev–Trinajstić information content (AvgIpc) is 3.20. The maximum absolute atomic E-state index is 11.8. The molecule has 1 amide bonds. The average molecular weight is 388 g/mol. The highest BCUT2D eigenvalue weighted by molar-refractivity contribution is 5.80. The number of hydrogen-bond donors (Lipinski definition) is 2. The molecule has 7 nitrogen and oxygen atoms in total. The molecule has 2 aliphatic rings. The number of nitrogens with zero attached hydrogens (tertiary/aromatic N) is 3. The van der Waals surface area contributed by atoms with Gasteiger partial charge in [-0.3, -0.25) is 14.7 Å². The Morgan fingerprint density at radius 1 is 1.25 bits per heavy atom. The van der Waals surface area contributed by atoms with Crippen molar-refractivity contribution >= 4 is 11.9 Å². The van der Waals surface area contributed by atoms with Crippen molar-refractivity contribution in [1.82, 2.24) is 20.4 Å². The summed E-state index contributed by atoms with van der Waals surface area (Å²) in [5, 5.41) is 6.85. The third-order valence-corrected chi connectivity index (χ3v) is 5.37.